The number of carboxylic acid groups (broad SMARTS) is 1. The van der Waals surface area contributed by atoms with Gasteiger partial charge in [-0.2, -0.15) is 0 Å². The van der Waals surface area contributed by atoms with E-state index in [4.69, 9.17) is 9.84 Å². The van der Waals surface area contributed by atoms with Crippen LogP contribution in [0.1, 0.15) is 13.8 Å². The number of rotatable bonds is 6. The third-order valence-corrected chi connectivity index (χ3v) is 3.41. The Morgan fingerprint density at radius 1 is 1.41 bits per heavy atom. The van der Waals surface area contributed by atoms with Crippen LogP contribution in [0, 0.1) is 5.82 Å². The van der Waals surface area contributed by atoms with E-state index in [1.807, 2.05) is 0 Å². The third kappa shape index (κ3) is 4.65. The Morgan fingerprint density at radius 3 is 2.53 bits per heavy atom. The molecule has 0 fully saturated rings. The molecule has 17 heavy (non-hydrogen) atoms. The fraction of sp³-hybridized carbons (Fsp3) is 0.417. The first-order valence-electron chi connectivity index (χ1n) is 5.17. The molecule has 0 aromatic heterocycles. The molecule has 0 amide bonds. The SMILES string of the molecule is CC(C)(SCCOc1ccc(F)cc1)C(=O)O. The quantitative estimate of drug-likeness (QED) is 0.797. The molecule has 0 saturated heterocycles. The van der Waals surface area contributed by atoms with Crippen molar-refractivity contribution in [2.24, 2.45) is 0 Å². The van der Waals surface area contributed by atoms with Gasteiger partial charge in [-0.1, -0.05) is 0 Å². The highest BCUT2D eigenvalue weighted by Gasteiger charge is 2.27. The molecule has 1 rings (SSSR count). The van der Waals surface area contributed by atoms with Gasteiger partial charge in [-0.3, -0.25) is 4.79 Å². The van der Waals surface area contributed by atoms with Gasteiger partial charge in [-0.25, -0.2) is 4.39 Å². The van der Waals surface area contributed by atoms with Crippen LogP contribution in [0.15, 0.2) is 24.3 Å². The van der Waals surface area contributed by atoms with Gasteiger partial charge in [0.1, 0.15) is 16.3 Å². The van der Waals surface area contributed by atoms with E-state index in [0.717, 1.165) is 0 Å². The second kappa shape index (κ2) is 5.91. The Bertz CT molecular complexity index is 376. The van der Waals surface area contributed by atoms with Crippen LogP contribution in [0.3, 0.4) is 0 Å². The van der Waals surface area contributed by atoms with Gasteiger partial charge in [0.25, 0.3) is 0 Å². The third-order valence-electron chi connectivity index (χ3n) is 2.14. The minimum Gasteiger partial charge on any atom is -0.493 e. The molecule has 0 aliphatic heterocycles. The maximum atomic E-state index is 12.6. The molecule has 1 N–H and O–H groups in total. The number of hydrogen-bond donors (Lipinski definition) is 1. The monoisotopic (exact) mass is 258 g/mol. The number of ether oxygens (including phenoxy) is 1. The van der Waals surface area contributed by atoms with E-state index < -0.39 is 10.7 Å². The van der Waals surface area contributed by atoms with Gasteiger partial charge in [-0.05, 0) is 38.1 Å². The average Bonchev–Trinajstić information content (AvgIpc) is 2.26. The summed E-state index contributed by atoms with van der Waals surface area (Å²) in [6.45, 7) is 3.70. The lowest BCUT2D eigenvalue weighted by Gasteiger charge is -2.18. The topological polar surface area (TPSA) is 46.5 Å². The molecule has 0 bridgehead atoms. The Hall–Kier alpha value is -1.23. The molecule has 0 saturated carbocycles. The predicted octanol–water partition coefficient (Wildman–Crippen LogP) is 2.80. The van der Waals surface area contributed by atoms with Gasteiger partial charge < -0.3 is 9.84 Å². The zero-order chi connectivity index (χ0) is 12.9. The lowest BCUT2D eigenvalue weighted by Crippen LogP contribution is -2.28. The zero-order valence-electron chi connectivity index (χ0n) is 9.77. The van der Waals surface area contributed by atoms with Gasteiger partial charge in [0.2, 0.25) is 0 Å². The van der Waals surface area contributed by atoms with Gasteiger partial charge in [0.05, 0.1) is 6.61 Å². The summed E-state index contributed by atoms with van der Waals surface area (Å²) in [6.07, 6.45) is 0. The number of halogens is 1. The van der Waals surface area contributed by atoms with Crippen molar-refractivity contribution in [2.75, 3.05) is 12.4 Å². The first-order chi connectivity index (χ1) is 7.92. The molecule has 1 aromatic carbocycles. The molecule has 3 nitrogen and oxygen atoms in total. The van der Waals surface area contributed by atoms with Gasteiger partial charge in [-0.15, -0.1) is 11.8 Å². The van der Waals surface area contributed by atoms with E-state index in [1.54, 1.807) is 26.0 Å². The summed E-state index contributed by atoms with van der Waals surface area (Å²) in [5, 5.41) is 8.88. The molecular formula is C12H15FO3S. The number of thioether (sulfide) groups is 1. The van der Waals surface area contributed by atoms with Crippen molar-refractivity contribution in [3.63, 3.8) is 0 Å². The van der Waals surface area contributed by atoms with Crippen molar-refractivity contribution in [3.8, 4) is 5.75 Å². The Labute approximate surface area is 104 Å². The fourth-order valence-corrected chi connectivity index (χ4v) is 1.85. The molecular weight excluding hydrogens is 243 g/mol. The summed E-state index contributed by atoms with van der Waals surface area (Å²) < 4.78 is 17.1. The minimum atomic E-state index is -0.843. The van der Waals surface area contributed by atoms with Crippen molar-refractivity contribution in [1.29, 1.82) is 0 Å². The largest absolute Gasteiger partial charge is 0.493 e. The Morgan fingerprint density at radius 2 is 2.00 bits per heavy atom. The maximum Gasteiger partial charge on any atom is 0.319 e. The summed E-state index contributed by atoms with van der Waals surface area (Å²) >= 11 is 1.31. The molecule has 0 radical (unpaired) electrons. The maximum absolute atomic E-state index is 12.6. The Kier molecular flexibility index (Phi) is 4.81. The first-order valence-corrected chi connectivity index (χ1v) is 6.16. The number of benzene rings is 1. The van der Waals surface area contributed by atoms with E-state index in [-0.39, 0.29) is 5.82 Å². The molecule has 0 unspecified atom stereocenters. The van der Waals surface area contributed by atoms with E-state index in [2.05, 4.69) is 0 Å². The fourth-order valence-electron chi connectivity index (χ4n) is 1.05. The van der Waals surface area contributed by atoms with Gasteiger partial charge in [0, 0.05) is 5.75 Å². The van der Waals surface area contributed by atoms with Crippen LogP contribution >= 0.6 is 11.8 Å². The van der Waals surface area contributed by atoms with Crippen molar-refractivity contribution >= 4 is 17.7 Å². The van der Waals surface area contributed by atoms with E-state index in [0.29, 0.717) is 18.1 Å². The lowest BCUT2D eigenvalue weighted by molar-refractivity contribution is -0.138. The first kappa shape index (κ1) is 13.8. The molecule has 0 atom stereocenters. The minimum absolute atomic E-state index is 0.307. The van der Waals surface area contributed by atoms with Gasteiger partial charge in [0.15, 0.2) is 0 Å². The van der Waals surface area contributed by atoms with Crippen LogP contribution < -0.4 is 4.74 Å². The molecule has 0 spiro atoms. The van der Waals surface area contributed by atoms with Crippen LogP contribution in [0.2, 0.25) is 0 Å². The number of aliphatic carboxylic acids is 1. The highest BCUT2D eigenvalue weighted by atomic mass is 32.2. The summed E-state index contributed by atoms with van der Waals surface area (Å²) in [5.74, 6) is -0.000382. The van der Waals surface area contributed by atoms with E-state index in [9.17, 15) is 9.18 Å². The van der Waals surface area contributed by atoms with Crippen LogP contribution in [0.4, 0.5) is 4.39 Å². The molecule has 1 aromatic rings. The van der Waals surface area contributed by atoms with E-state index in [1.165, 1.54) is 23.9 Å². The van der Waals surface area contributed by atoms with Crippen LogP contribution in [0.5, 0.6) is 5.75 Å². The molecule has 94 valence electrons. The number of hydrogen-bond acceptors (Lipinski definition) is 3. The van der Waals surface area contributed by atoms with E-state index >= 15 is 0 Å². The highest BCUT2D eigenvalue weighted by molar-refractivity contribution is 8.01. The smallest absolute Gasteiger partial charge is 0.319 e. The number of carbonyl (C=O) groups is 1. The second-order valence-corrected chi connectivity index (χ2v) is 5.68. The molecule has 5 heteroatoms. The molecule has 0 aliphatic rings. The average molecular weight is 258 g/mol. The summed E-state index contributed by atoms with van der Waals surface area (Å²) in [5.41, 5.74) is 0. The van der Waals surface area contributed by atoms with Crippen LogP contribution in [-0.2, 0) is 4.79 Å². The lowest BCUT2D eigenvalue weighted by atomic mass is 10.2. The van der Waals surface area contributed by atoms with Crippen LogP contribution in [-0.4, -0.2) is 28.2 Å². The molecule has 0 heterocycles. The van der Waals surface area contributed by atoms with Crippen molar-refractivity contribution in [1.82, 2.24) is 0 Å². The van der Waals surface area contributed by atoms with Gasteiger partial charge >= 0.3 is 5.97 Å². The second-order valence-electron chi connectivity index (χ2n) is 3.97. The Balaban J connectivity index is 2.29. The highest BCUT2D eigenvalue weighted by Crippen LogP contribution is 2.24. The summed E-state index contributed by atoms with van der Waals surface area (Å²) in [7, 11) is 0. The predicted molar refractivity (Wildman–Crippen MR) is 66.1 cm³/mol. The zero-order valence-corrected chi connectivity index (χ0v) is 10.6. The normalized spacial score (nSPS) is 11.2. The van der Waals surface area contributed by atoms with Crippen molar-refractivity contribution in [2.45, 2.75) is 18.6 Å². The number of carboxylic acids is 1. The van der Waals surface area contributed by atoms with Crippen LogP contribution in [0.25, 0.3) is 0 Å². The summed E-state index contributed by atoms with van der Waals surface area (Å²) in [6, 6.07) is 5.73. The summed E-state index contributed by atoms with van der Waals surface area (Å²) in [4.78, 5) is 10.8. The molecule has 0 aliphatic carbocycles. The van der Waals surface area contributed by atoms with Crippen molar-refractivity contribution < 1.29 is 19.0 Å². The standard InChI is InChI=1S/C12H15FO3S/c1-12(2,11(14)15)17-8-7-16-10-5-3-9(13)4-6-10/h3-6H,7-8H2,1-2H3,(H,14,15). The van der Waals surface area contributed by atoms with Crippen molar-refractivity contribution in [3.05, 3.63) is 30.1 Å².